The van der Waals surface area contributed by atoms with E-state index in [0.717, 1.165) is 17.8 Å². The van der Waals surface area contributed by atoms with Gasteiger partial charge in [-0.05, 0) is 37.0 Å². The maximum atomic E-state index is 2.47. The fourth-order valence-corrected chi connectivity index (χ4v) is 4.29. The predicted molar refractivity (Wildman–Crippen MR) is 136 cm³/mol. The Labute approximate surface area is 186 Å². The molecule has 0 aromatic carbocycles. The topological polar surface area (TPSA) is 0 Å². The van der Waals surface area contributed by atoms with Gasteiger partial charge in [0.05, 0.1) is 0 Å². The van der Waals surface area contributed by atoms with E-state index in [0.29, 0.717) is 0 Å². The highest BCUT2D eigenvalue weighted by atomic mass is 14.1. The second-order valence-electron chi connectivity index (χ2n) is 10.3. The molecule has 0 saturated carbocycles. The van der Waals surface area contributed by atoms with Gasteiger partial charge in [0.15, 0.2) is 0 Å². The SMILES string of the molecule is CCCCCCCCCCCCC=CCC(C)CCCC(C)CCCC(C)CC. The first-order valence-electron chi connectivity index (χ1n) is 13.7. The minimum Gasteiger partial charge on any atom is -0.0885 e. The summed E-state index contributed by atoms with van der Waals surface area (Å²) in [5.74, 6) is 2.72. The van der Waals surface area contributed by atoms with Crippen LogP contribution in [0.25, 0.3) is 0 Å². The molecule has 0 N–H and O–H groups in total. The molecule has 0 nitrogen and oxygen atoms in total. The lowest BCUT2D eigenvalue weighted by molar-refractivity contribution is 0.392. The quantitative estimate of drug-likeness (QED) is 0.124. The van der Waals surface area contributed by atoms with Gasteiger partial charge >= 0.3 is 0 Å². The van der Waals surface area contributed by atoms with Crippen LogP contribution < -0.4 is 0 Å². The van der Waals surface area contributed by atoms with E-state index in [1.807, 2.05) is 0 Å². The van der Waals surface area contributed by atoms with E-state index in [1.165, 1.54) is 122 Å². The Kier molecular flexibility index (Phi) is 22.2. The second kappa shape index (κ2) is 22.4. The molecule has 0 rings (SSSR count). The zero-order valence-corrected chi connectivity index (χ0v) is 21.3. The summed E-state index contributed by atoms with van der Waals surface area (Å²) in [4.78, 5) is 0. The Hall–Kier alpha value is -0.260. The summed E-state index contributed by atoms with van der Waals surface area (Å²) < 4.78 is 0. The van der Waals surface area contributed by atoms with Crippen LogP contribution in [0.5, 0.6) is 0 Å². The van der Waals surface area contributed by atoms with Crippen molar-refractivity contribution in [1.29, 1.82) is 0 Å². The third-order valence-electron chi connectivity index (χ3n) is 6.91. The van der Waals surface area contributed by atoms with Crippen molar-refractivity contribution < 1.29 is 0 Å². The van der Waals surface area contributed by atoms with Gasteiger partial charge in [-0.2, -0.15) is 0 Å². The first kappa shape index (κ1) is 28.7. The molecule has 0 heterocycles. The Morgan fingerprint density at radius 2 is 0.966 bits per heavy atom. The van der Waals surface area contributed by atoms with Crippen LogP contribution in [0, 0.1) is 17.8 Å². The molecule has 0 aliphatic heterocycles. The van der Waals surface area contributed by atoms with Gasteiger partial charge < -0.3 is 0 Å². The number of unbranched alkanes of at least 4 members (excludes halogenated alkanes) is 10. The summed E-state index contributed by atoms with van der Waals surface area (Å²) in [5, 5.41) is 0. The molecule has 0 fully saturated rings. The van der Waals surface area contributed by atoms with E-state index >= 15 is 0 Å². The van der Waals surface area contributed by atoms with Crippen LogP contribution in [0.15, 0.2) is 12.2 Å². The van der Waals surface area contributed by atoms with Crippen LogP contribution in [0.1, 0.15) is 157 Å². The van der Waals surface area contributed by atoms with Gasteiger partial charge in [0.25, 0.3) is 0 Å². The van der Waals surface area contributed by atoms with Crippen molar-refractivity contribution in [2.75, 3.05) is 0 Å². The lowest BCUT2D eigenvalue weighted by Gasteiger charge is -2.14. The van der Waals surface area contributed by atoms with E-state index in [4.69, 9.17) is 0 Å². The summed E-state index contributed by atoms with van der Waals surface area (Å²) >= 11 is 0. The fraction of sp³-hybridized carbons (Fsp3) is 0.931. The zero-order valence-electron chi connectivity index (χ0n) is 21.3. The van der Waals surface area contributed by atoms with Gasteiger partial charge in [0, 0.05) is 0 Å². The lowest BCUT2D eigenvalue weighted by atomic mass is 9.92. The summed E-state index contributed by atoms with van der Waals surface area (Å²) in [7, 11) is 0. The van der Waals surface area contributed by atoms with Crippen LogP contribution in [-0.4, -0.2) is 0 Å². The molecule has 0 aliphatic rings. The van der Waals surface area contributed by atoms with Crippen molar-refractivity contribution in [2.45, 2.75) is 157 Å². The van der Waals surface area contributed by atoms with Crippen LogP contribution >= 0.6 is 0 Å². The highest BCUT2D eigenvalue weighted by Gasteiger charge is 2.06. The molecule has 0 radical (unpaired) electrons. The van der Waals surface area contributed by atoms with Crippen LogP contribution in [0.2, 0.25) is 0 Å². The first-order valence-corrected chi connectivity index (χ1v) is 13.7. The number of allylic oxidation sites excluding steroid dienone is 2. The largest absolute Gasteiger partial charge is 0.0885 e. The molecule has 0 bridgehead atoms. The molecular formula is C29H58. The first-order chi connectivity index (χ1) is 14.1. The predicted octanol–water partition coefficient (Wildman–Crippen LogP) is 10.9. The highest BCUT2D eigenvalue weighted by Crippen LogP contribution is 2.21. The molecule has 3 unspecified atom stereocenters. The Morgan fingerprint density at radius 3 is 1.52 bits per heavy atom. The van der Waals surface area contributed by atoms with Crippen LogP contribution in [-0.2, 0) is 0 Å². The fourth-order valence-electron chi connectivity index (χ4n) is 4.29. The molecule has 0 amide bonds. The Morgan fingerprint density at radius 1 is 0.483 bits per heavy atom. The molecule has 29 heavy (non-hydrogen) atoms. The van der Waals surface area contributed by atoms with Gasteiger partial charge in [0.1, 0.15) is 0 Å². The molecule has 3 atom stereocenters. The van der Waals surface area contributed by atoms with Gasteiger partial charge in [0.2, 0.25) is 0 Å². The highest BCUT2D eigenvalue weighted by molar-refractivity contribution is 4.83. The van der Waals surface area contributed by atoms with Crippen LogP contribution in [0.4, 0.5) is 0 Å². The minimum atomic E-state index is 0.867. The van der Waals surface area contributed by atoms with E-state index in [2.05, 4.69) is 46.8 Å². The van der Waals surface area contributed by atoms with Crippen molar-refractivity contribution in [3.8, 4) is 0 Å². The Balaban J connectivity index is 3.39. The number of rotatable bonds is 22. The van der Waals surface area contributed by atoms with Crippen molar-refractivity contribution in [1.82, 2.24) is 0 Å². The maximum Gasteiger partial charge on any atom is -0.0325 e. The third kappa shape index (κ3) is 22.3. The van der Waals surface area contributed by atoms with Crippen molar-refractivity contribution in [3.05, 3.63) is 12.2 Å². The number of hydrogen-bond donors (Lipinski definition) is 0. The summed E-state index contributed by atoms with van der Waals surface area (Å²) in [6.07, 6.45) is 31.9. The monoisotopic (exact) mass is 406 g/mol. The van der Waals surface area contributed by atoms with E-state index < -0.39 is 0 Å². The summed E-state index contributed by atoms with van der Waals surface area (Å²) in [6, 6.07) is 0. The van der Waals surface area contributed by atoms with Gasteiger partial charge in [-0.3, -0.25) is 0 Å². The zero-order chi connectivity index (χ0) is 21.6. The third-order valence-corrected chi connectivity index (χ3v) is 6.91. The summed E-state index contributed by atoms with van der Waals surface area (Å²) in [5.41, 5.74) is 0. The lowest BCUT2D eigenvalue weighted by Crippen LogP contribution is -2.00. The normalized spacial score (nSPS) is 15.1. The standard InChI is InChI=1S/C29H58/c1-6-8-9-10-11-12-13-14-15-16-17-18-19-22-28(4)25-21-26-29(5)24-20-23-27(3)7-2/h18-19,27-29H,6-17,20-26H2,1-5H3. The van der Waals surface area contributed by atoms with Gasteiger partial charge in [-0.25, -0.2) is 0 Å². The summed E-state index contributed by atoms with van der Waals surface area (Å²) in [6.45, 7) is 11.9. The maximum absolute atomic E-state index is 2.47. The molecule has 0 heteroatoms. The molecule has 174 valence electrons. The molecule has 0 aromatic rings. The molecule has 0 spiro atoms. The smallest absolute Gasteiger partial charge is 0.0325 e. The number of hydrogen-bond acceptors (Lipinski definition) is 0. The van der Waals surface area contributed by atoms with Gasteiger partial charge in [-0.1, -0.05) is 150 Å². The molecule has 0 aliphatic carbocycles. The van der Waals surface area contributed by atoms with E-state index in [-0.39, 0.29) is 0 Å². The van der Waals surface area contributed by atoms with Gasteiger partial charge in [-0.15, -0.1) is 0 Å². The average molecular weight is 407 g/mol. The molecule has 0 saturated heterocycles. The molecule has 0 aromatic heterocycles. The van der Waals surface area contributed by atoms with E-state index in [1.54, 1.807) is 0 Å². The Bertz CT molecular complexity index is 329. The van der Waals surface area contributed by atoms with Crippen LogP contribution in [0.3, 0.4) is 0 Å². The minimum absolute atomic E-state index is 0.867. The van der Waals surface area contributed by atoms with E-state index in [9.17, 15) is 0 Å². The van der Waals surface area contributed by atoms with Crippen molar-refractivity contribution in [2.24, 2.45) is 17.8 Å². The molecular weight excluding hydrogens is 348 g/mol. The second-order valence-corrected chi connectivity index (χ2v) is 10.3. The van der Waals surface area contributed by atoms with Crippen molar-refractivity contribution in [3.63, 3.8) is 0 Å². The average Bonchev–Trinajstić information content (AvgIpc) is 2.71. The van der Waals surface area contributed by atoms with Crippen molar-refractivity contribution >= 4 is 0 Å².